The topological polar surface area (TPSA) is 83.5 Å². The molecule has 1 rings (SSSR count). The number of rotatable bonds is 9. The molecule has 0 aromatic heterocycles. The highest BCUT2D eigenvalue weighted by Gasteiger charge is 2.17. The summed E-state index contributed by atoms with van der Waals surface area (Å²) in [5.41, 5.74) is 1.66. The highest BCUT2D eigenvalue weighted by molar-refractivity contribution is 5.98. The number of ketones is 1. The first-order valence-corrected chi connectivity index (χ1v) is 7.53. The van der Waals surface area contributed by atoms with Crippen molar-refractivity contribution in [2.45, 2.75) is 39.5 Å². The summed E-state index contributed by atoms with van der Waals surface area (Å²) >= 11 is 0. The molecular formula is C17H23NO4. The number of carboxylic acid groups (broad SMARTS) is 1. The maximum Gasteiger partial charge on any atom is 0.308 e. The lowest BCUT2D eigenvalue weighted by atomic mass is 10.0. The van der Waals surface area contributed by atoms with E-state index in [9.17, 15) is 14.4 Å². The lowest BCUT2D eigenvalue weighted by Gasteiger charge is -2.12. The van der Waals surface area contributed by atoms with E-state index in [1.165, 1.54) is 0 Å². The molecule has 1 amide bonds. The van der Waals surface area contributed by atoms with Gasteiger partial charge in [-0.15, -0.1) is 0 Å². The zero-order valence-corrected chi connectivity index (χ0v) is 13.1. The number of nitrogens with one attached hydrogen (secondary N) is 1. The van der Waals surface area contributed by atoms with Crippen LogP contribution in [0.2, 0.25) is 0 Å². The SMILES string of the molecule is CCCC(CNC(=O)CCC(=O)c1ccc(C)cc1)C(=O)O. The first kappa shape index (κ1) is 17.9. The number of hydrogen-bond acceptors (Lipinski definition) is 3. The summed E-state index contributed by atoms with van der Waals surface area (Å²) in [4.78, 5) is 34.6. The lowest BCUT2D eigenvalue weighted by Crippen LogP contribution is -2.33. The monoisotopic (exact) mass is 305 g/mol. The molecule has 0 spiro atoms. The Kier molecular flexibility index (Phi) is 7.29. The Labute approximate surface area is 130 Å². The molecule has 5 nitrogen and oxygen atoms in total. The van der Waals surface area contributed by atoms with Crippen molar-refractivity contribution in [1.29, 1.82) is 0 Å². The van der Waals surface area contributed by atoms with Gasteiger partial charge in [-0.25, -0.2) is 0 Å². The van der Waals surface area contributed by atoms with Gasteiger partial charge in [-0.2, -0.15) is 0 Å². The Morgan fingerprint density at radius 1 is 1.14 bits per heavy atom. The average molecular weight is 305 g/mol. The molecule has 0 fully saturated rings. The van der Waals surface area contributed by atoms with E-state index < -0.39 is 11.9 Å². The Morgan fingerprint density at radius 2 is 1.77 bits per heavy atom. The second-order valence-electron chi connectivity index (χ2n) is 5.42. The second-order valence-corrected chi connectivity index (χ2v) is 5.42. The van der Waals surface area contributed by atoms with E-state index in [0.717, 1.165) is 12.0 Å². The summed E-state index contributed by atoms with van der Waals surface area (Å²) in [5, 5.41) is 11.6. The molecule has 0 bridgehead atoms. The van der Waals surface area contributed by atoms with Crippen LogP contribution in [0.5, 0.6) is 0 Å². The van der Waals surface area contributed by atoms with Gasteiger partial charge in [0, 0.05) is 24.9 Å². The fourth-order valence-corrected chi connectivity index (χ4v) is 2.10. The van der Waals surface area contributed by atoms with Crippen LogP contribution in [-0.2, 0) is 9.59 Å². The van der Waals surface area contributed by atoms with Gasteiger partial charge in [0.2, 0.25) is 5.91 Å². The number of Topliss-reactive ketones (excluding diaryl/α,β-unsaturated/α-hetero) is 1. The van der Waals surface area contributed by atoms with Gasteiger partial charge in [0.25, 0.3) is 0 Å². The minimum atomic E-state index is -0.905. The first-order valence-electron chi connectivity index (χ1n) is 7.53. The molecule has 1 aromatic rings. The molecule has 0 aliphatic rings. The predicted octanol–water partition coefficient (Wildman–Crippen LogP) is 2.58. The summed E-state index contributed by atoms with van der Waals surface area (Å²) in [5.74, 6) is -1.85. The van der Waals surface area contributed by atoms with Crippen LogP contribution < -0.4 is 5.32 Å². The molecule has 0 heterocycles. The molecule has 2 N–H and O–H groups in total. The fraction of sp³-hybridized carbons (Fsp3) is 0.471. The Hall–Kier alpha value is -2.17. The van der Waals surface area contributed by atoms with E-state index in [2.05, 4.69) is 5.32 Å². The Balaban J connectivity index is 2.37. The molecule has 1 unspecified atom stereocenters. The van der Waals surface area contributed by atoms with Gasteiger partial charge >= 0.3 is 5.97 Å². The summed E-state index contributed by atoms with van der Waals surface area (Å²) in [7, 11) is 0. The number of amides is 1. The van der Waals surface area contributed by atoms with Gasteiger partial charge in [-0.05, 0) is 13.3 Å². The van der Waals surface area contributed by atoms with Crippen LogP contribution in [0.15, 0.2) is 24.3 Å². The molecule has 0 aliphatic heterocycles. The Bertz CT molecular complexity index is 522. The number of carbonyl (C=O) groups excluding carboxylic acids is 2. The summed E-state index contributed by atoms with van der Waals surface area (Å²) < 4.78 is 0. The van der Waals surface area contributed by atoms with Crippen LogP contribution in [0.1, 0.15) is 48.5 Å². The molecule has 0 aliphatic carbocycles. The second kappa shape index (κ2) is 8.97. The van der Waals surface area contributed by atoms with Crippen molar-refractivity contribution >= 4 is 17.7 Å². The number of aliphatic carboxylic acids is 1. The number of carboxylic acids is 1. The van der Waals surface area contributed by atoms with E-state index >= 15 is 0 Å². The van der Waals surface area contributed by atoms with Crippen LogP contribution in [0.4, 0.5) is 0 Å². The van der Waals surface area contributed by atoms with Crippen molar-refractivity contribution in [3.63, 3.8) is 0 Å². The van der Waals surface area contributed by atoms with Crippen LogP contribution in [0.3, 0.4) is 0 Å². The highest BCUT2D eigenvalue weighted by atomic mass is 16.4. The van der Waals surface area contributed by atoms with Crippen LogP contribution >= 0.6 is 0 Å². The van der Waals surface area contributed by atoms with E-state index in [1.807, 2.05) is 26.0 Å². The third-order valence-electron chi connectivity index (χ3n) is 3.48. The number of carbonyl (C=O) groups is 3. The van der Waals surface area contributed by atoms with Crippen molar-refractivity contribution in [3.8, 4) is 0 Å². The first-order chi connectivity index (χ1) is 10.4. The third-order valence-corrected chi connectivity index (χ3v) is 3.48. The summed E-state index contributed by atoms with van der Waals surface area (Å²) in [6.07, 6.45) is 1.47. The number of benzene rings is 1. The lowest BCUT2D eigenvalue weighted by molar-refractivity contribution is -0.141. The fourth-order valence-electron chi connectivity index (χ4n) is 2.10. The molecular weight excluding hydrogens is 282 g/mol. The molecule has 1 atom stereocenters. The average Bonchev–Trinajstić information content (AvgIpc) is 2.49. The van der Waals surface area contributed by atoms with Gasteiger partial charge in [0.1, 0.15) is 0 Å². The third kappa shape index (κ3) is 6.08. The molecule has 5 heteroatoms. The largest absolute Gasteiger partial charge is 0.481 e. The van der Waals surface area contributed by atoms with E-state index in [0.29, 0.717) is 12.0 Å². The minimum absolute atomic E-state index is 0.0746. The molecule has 0 saturated carbocycles. The maximum atomic E-state index is 11.9. The highest BCUT2D eigenvalue weighted by Crippen LogP contribution is 2.08. The summed E-state index contributed by atoms with van der Waals surface area (Å²) in [6, 6.07) is 7.21. The van der Waals surface area contributed by atoms with Gasteiger partial charge in [-0.3, -0.25) is 14.4 Å². The zero-order valence-electron chi connectivity index (χ0n) is 13.1. The minimum Gasteiger partial charge on any atom is -0.481 e. The molecule has 0 radical (unpaired) electrons. The van der Waals surface area contributed by atoms with Gasteiger partial charge < -0.3 is 10.4 Å². The molecule has 1 aromatic carbocycles. The van der Waals surface area contributed by atoms with Crippen molar-refractivity contribution in [3.05, 3.63) is 35.4 Å². The van der Waals surface area contributed by atoms with Crippen molar-refractivity contribution in [2.24, 2.45) is 5.92 Å². The van der Waals surface area contributed by atoms with E-state index in [4.69, 9.17) is 5.11 Å². The van der Waals surface area contributed by atoms with Crippen molar-refractivity contribution in [1.82, 2.24) is 5.32 Å². The normalized spacial score (nSPS) is 11.7. The van der Waals surface area contributed by atoms with Crippen LogP contribution in [0.25, 0.3) is 0 Å². The summed E-state index contributed by atoms with van der Waals surface area (Å²) in [6.45, 7) is 3.95. The van der Waals surface area contributed by atoms with E-state index in [1.54, 1.807) is 12.1 Å². The Morgan fingerprint density at radius 3 is 2.32 bits per heavy atom. The molecule has 0 saturated heterocycles. The standard InChI is InChI=1S/C17H23NO4/c1-3-4-14(17(21)22)11-18-16(20)10-9-15(19)13-7-5-12(2)6-8-13/h5-8,14H,3-4,9-11H2,1-2H3,(H,18,20)(H,21,22). The van der Waals surface area contributed by atoms with E-state index in [-0.39, 0.29) is 31.1 Å². The quantitative estimate of drug-likeness (QED) is 0.687. The van der Waals surface area contributed by atoms with Crippen LogP contribution in [0, 0.1) is 12.8 Å². The predicted molar refractivity (Wildman–Crippen MR) is 83.8 cm³/mol. The van der Waals surface area contributed by atoms with Gasteiger partial charge in [0.05, 0.1) is 5.92 Å². The number of aryl methyl sites for hydroxylation is 1. The van der Waals surface area contributed by atoms with Crippen LogP contribution in [-0.4, -0.2) is 29.3 Å². The molecule has 22 heavy (non-hydrogen) atoms. The zero-order chi connectivity index (χ0) is 16.5. The number of hydrogen-bond donors (Lipinski definition) is 2. The smallest absolute Gasteiger partial charge is 0.308 e. The van der Waals surface area contributed by atoms with Gasteiger partial charge in [-0.1, -0.05) is 43.2 Å². The molecule has 120 valence electrons. The van der Waals surface area contributed by atoms with Crippen molar-refractivity contribution < 1.29 is 19.5 Å². The maximum absolute atomic E-state index is 11.9. The van der Waals surface area contributed by atoms with Crippen molar-refractivity contribution in [2.75, 3.05) is 6.54 Å². The van der Waals surface area contributed by atoms with Gasteiger partial charge in [0.15, 0.2) is 5.78 Å².